The van der Waals surface area contributed by atoms with Crippen LogP contribution in [0.25, 0.3) is 11.4 Å². The third-order valence-corrected chi connectivity index (χ3v) is 4.47. The van der Waals surface area contributed by atoms with Gasteiger partial charge in [-0.25, -0.2) is 4.98 Å². The number of amides is 1. The summed E-state index contributed by atoms with van der Waals surface area (Å²) in [5, 5.41) is 10.3. The van der Waals surface area contributed by atoms with Crippen LogP contribution in [-0.2, 0) is 11.2 Å². The van der Waals surface area contributed by atoms with Crippen molar-refractivity contribution in [3.63, 3.8) is 0 Å². The minimum absolute atomic E-state index is 0.0648. The Morgan fingerprint density at radius 3 is 2.78 bits per heavy atom. The topological polar surface area (TPSA) is 79.9 Å². The molecule has 0 saturated heterocycles. The third kappa shape index (κ3) is 4.34. The monoisotopic (exact) mass is 362 g/mol. The second-order valence-electron chi connectivity index (χ2n) is 6.70. The van der Waals surface area contributed by atoms with E-state index in [9.17, 15) is 4.79 Å². The van der Waals surface area contributed by atoms with E-state index in [0.29, 0.717) is 24.8 Å². The van der Waals surface area contributed by atoms with Gasteiger partial charge < -0.3 is 10.1 Å². The summed E-state index contributed by atoms with van der Waals surface area (Å²) in [5.74, 6) is 2.90. The standard InChI is InChI=1S/C21H22N4O2/c1-2-27-18-10-6-14(7-11-18)12-19(26)22-17-5-3-4-16(13-17)21-23-20(24-25-21)15-8-9-15/h3-7,10-11,13,15H,2,8-9,12H2,1H3,(H,22,26)(H,23,24,25). The van der Waals surface area contributed by atoms with Crippen LogP contribution in [0.2, 0.25) is 0 Å². The quantitative estimate of drug-likeness (QED) is 0.667. The lowest BCUT2D eigenvalue weighted by Crippen LogP contribution is -2.14. The van der Waals surface area contributed by atoms with Crippen molar-refractivity contribution in [2.75, 3.05) is 11.9 Å². The van der Waals surface area contributed by atoms with Crippen LogP contribution in [0.4, 0.5) is 5.69 Å². The molecule has 0 spiro atoms. The van der Waals surface area contributed by atoms with Crippen molar-refractivity contribution in [3.8, 4) is 17.1 Å². The maximum absolute atomic E-state index is 12.4. The maximum Gasteiger partial charge on any atom is 0.228 e. The zero-order chi connectivity index (χ0) is 18.6. The highest BCUT2D eigenvalue weighted by atomic mass is 16.5. The zero-order valence-electron chi connectivity index (χ0n) is 15.2. The number of aromatic nitrogens is 3. The summed E-state index contributed by atoms with van der Waals surface area (Å²) in [6.07, 6.45) is 2.66. The normalized spacial score (nSPS) is 13.4. The van der Waals surface area contributed by atoms with Gasteiger partial charge in [0.2, 0.25) is 5.91 Å². The van der Waals surface area contributed by atoms with E-state index in [0.717, 1.165) is 28.4 Å². The number of carbonyl (C=O) groups excluding carboxylic acids is 1. The van der Waals surface area contributed by atoms with E-state index in [4.69, 9.17) is 4.74 Å². The second-order valence-corrected chi connectivity index (χ2v) is 6.70. The van der Waals surface area contributed by atoms with E-state index in [2.05, 4.69) is 20.5 Å². The van der Waals surface area contributed by atoms with Crippen molar-refractivity contribution >= 4 is 11.6 Å². The summed E-state index contributed by atoms with van der Waals surface area (Å²) < 4.78 is 5.42. The zero-order valence-corrected chi connectivity index (χ0v) is 15.2. The lowest BCUT2D eigenvalue weighted by Gasteiger charge is -2.07. The molecule has 0 radical (unpaired) electrons. The molecule has 6 nitrogen and oxygen atoms in total. The van der Waals surface area contributed by atoms with Gasteiger partial charge in [0.15, 0.2) is 5.82 Å². The number of nitrogens with one attached hydrogen (secondary N) is 2. The Labute approximate surface area is 158 Å². The Bertz CT molecular complexity index is 929. The van der Waals surface area contributed by atoms with Gasteiger partial charge in [-0.2, -0.15) is 5.10 Å². The Balaban J connectivity index is 1.40. The number of nitrogens with zero attached hydrogens (tertiary/aromatic N) is 2. The van der Waals surface area contributed by atoms with E-state index in [1.807, 2.05) is 55.5 Å². The maximum atomic E-state index is 12.4. The average Bonchev–Trinajstić information content (AvgIpc) is 3.40. The number of rotatable bonds is 7. The molecule has 2 aromatic carbocycles. The fraction of sp³-hybridized carbons (Fsp3) is 0.286. The fourth-order valence-corrected chi connectivity index (χ4v) is 2.94. The minimum Gasteiger partial charge on any atom is -0.494 e. The molecule has 1 aromatic heterocycles. The summed E-state index contributed by atoms with van der Waals surface area (Å²) >= 11 is 0. The lowest BCUT2D eigenvalue weighted by atomic mass is 10.1. The fourth-order valence-electron chi connectivity index (χ4n) is 2.94. The van der Waals surface area contributed by atoms with Crippen molar-refractivity contribution < 1.29 is 9.53 Å². The highest BCUT2D eigenvalue weighted by Crippen LogP contribution is 2.38. The molecule has 1 saturated carbocycles. The molecule has 2 N–H and O–H groups in total. The smallest absolute Gasteiger partial charge is 0.228 e. The molecule has 1 aliphatic rings. The number of anilines is 1. The largest absolute Gasteiger partial charge is 0.494 e. The van der Waals surface area contributed by atoms with Crippen LogP contribution in [0, 0.1) is 0 Å². The molecule has 6 heteroatoms. The van der Waals surface area contributed by atoms with Crippen LogP contribution >= 0.6 is 0 Å². The molecule has 27 heavy (non-hydrogen) atoms. The number of aromatic amines is 1. The van der Waals surface area contributed by atoms with Crippen LogP contribution in [0.1, 0.15) is 37.1 Å². The first-order valence-corrected chi connectivity index (χ1v) is 9.25. The molecule has 0 aliphatic heterocycles. The van der Waals surface area contributed by atoms with E-state index >= 15 is 0 Å². The summed E-state index contributed by atoms with van der Waals surface area (Å²) in [6, 6.07) is 15.2. The molecule has 1 amide bonds. The molecular weight excluding hydrogens is 340 g/mol. The van der Waals surface area contributed by atoms with E-state index in [1.165, 1.54) is 12.8 Å². The van der Waals surface area contributed by atoms with Gasteiger partial charge in [-0.1, -0.05) is 24.3 Å². The molecular formula is C21H22N4O2. The average molecular weight is 362 g/mol. The minimum atomic E-state index is -0.0648. The highest BCUT2D eigenvalue weighted by molar-refractivity contribution is 5.92. The Morgan fingerprint density at radius 1 is 1.22 bits per heavy atom. The van der Waals surface area contributed by atoms with Gasteiger partial charge in [-0.15, -0.1) is 0 Å². The van der Waals surface area contributed by atoms with Gasteiger partial charge in [0, 0.05) is 17.2 Å². The van der Waals surface area contributed by atoms with Crippen molar-refractivity contribution in [1.29, 1.82) is 0 Å². The van der Waals surface area contributed by atoms with Crippen LogP contribution < -0.4 is 10.1 Å². The lowest BCUT2D eigenvalue weighted by molar-refractivity contribution is -0.115. The van der Waals surface area contributed by atoms with Crippen LogP contribution in [0.3, 0.4) is 0 Å². The third-order valence-electron chi connectivity index (χ3n) is 4.47. The first-order valence-electron chi connectivity index (χ1n) is 9.25. The molecule has 4 rings (SSSR count). The summed E-state index contributed by atoms with van der Waals surface area (Å²) in [4.78, 5) is 16.9. The first-order chi connectivity index (χ1) is 13.2. The Kier molecular flexibility index (Phi) is 4.87. The SMILES string of the molecule is CCOc1ccc(CC(=O)Nc2cccc(-c3n[nH]c(C4CC4)n3)c2)cc1. The van der Waals surface area contributed by atoms with Gasteiger partial charge in [-0.05, 0) is 49.6 Å². The van der Waals surface area contributed by atoms with Crippen LogP contribution in [0.15, 0.2) is 48.5 Å². The molecule has 0 atom stereocenters. The van der Waals surface area contributed by atoms with Gasteiger partial charge in [0.25, 0.3) is 0 Å². The second kappa shape index (κ2) is 7.61. The first kappa shape index (κ1) is 17.3. The number of carbonyl (C=O) groups is 1. The summed E-state index contributed by atoms with van der Waals surface area (Å²) in [5.41, 5.74) is 2.56. The van der Waals surface area contributed by atoms with Gasteiger partial charge in [-0.3, -0.25) is 9.89 Å². The Hall–Kier alpha value is -3.15. The van der Waals surface area contributed by atoms with E-state index in [1.54, 1.807) is 0 Å². The van der Waals surface area contributed by atoms with Crippen LogP contribution in [-0.4, -0.2) is 27.7 Å². The predicted octanol–water partition coefficient (Wildman–Crippen LogP) is 3.93. The predicted molar refractivity (Wildman–Crippen MR) is 104 cm³/mol. The van der Waals surface area contributed by atoms with Crippen molar-refractivity contribution in [1.82, 2.24) is 15.2 Å². The number of hydrogen-bond donors (Lipinski definition) is 2. The van der Waals surface area contributed by atoms with E-state index in [-0.39, 0.29) is 5.91 Å². The number of ether oxygens (including phenoxy) is 1. The summed E-state index contributed by atoms with van der Waals surface area (Å²) in [6.45, 7) is 2.57. The molecule has 1 fully saturated rings. The molecule has 3 aromatic rings. The number of hydrogen-bond acceptors (Lipinski definition) is 4. The van der Waals surface area contributed by atoms with Gasteiger partial charge in [0.05, 0.1) is 13.0 Å². The van der Waals surface area contributed by atoms with E-state index < -0.39 is 0 Å². The highest BCUT2D eigenvalue weighted by Gasteiger charge is 2.27. The van der Waals surface area contributed by atoms with Crippen molar-refractivity contribution in [2.24, 2.45) is 0 Å². The molecule has 0 bridgehead atoms. The molecule has 0 unspecified atom stereocenters. The summed E-state index contributed by atoms with van der Waals surface area (Å²) in [7, 11) is 0. The van der Waals surface area contributed by atoms with Crippen molar-refractivity contribution in [3.05, 3.63) is 59.9 Å². The van der Waals surface area contributed by atoms with Crippen molar-refractivity contribution in [2.45, 2.75) is 32.1 Å². The Morgan fingerprint density at radius 2 is 2.04 bits per heavy atom. The number of benzene rings is 2. The molecule has 138 valence electrons. The molecule has 1 heterocycles. The van der Waals surface area contributed by atoms with Gasteiger partial charge in [0.1, 0.15) is 11.6 Å². The van der Waals surface area contributed by atoms with Gasteiger partial charge >= 0.3 is 0 Å². The number of H-pyrrole nitrogens is 1. The van der Waals surface area contributed by atoms with Crippen LogP contribution in [0.5, 0.6) is 5.75 Å². The molecule has 1 aliphatic carbocycles.